The highest BCUT2D eigenvalue weighted by atomic mass is 14.9. The summed E-state index contributed by atoms with van der Waals surface area (Å²) in [5.74, 6) is 0. The van der Waals surface area contributed by atoms with E-state index in [0.29, 0.717) is 0 Å². The summed E-state index contributed by atoms with van der Waals surface area (Å²) < 4.78 is 2.32. The van der Waals surface area contributed by atoms with Gasteiger partial charge in [-0.1, -0.05) is 41.5 Å². The molecule has 0 saturated carbocycles. The summed E-state index contributed by atoms with van der Waals surface area (Å²) in [5.41, 5.74) is 4.22. The van der Waals surface area contributed by atoms with Crippen molar-refractivity contribution >= 4 is 10.9 Å². The van der Waals surface area contributed by atoms with Crippen LogP contribution in [0.5, 0.6) is 0 Å². The minimum Gasteiger partial charge on any atom is -0.343 e. The Labute approximate surface area is 116 Å². The quantitative estimate of drug-likeness (QED) is 0.634. The van der Waals surface area contributed by atoms with Crippen LogP contribution in [0.4, 0.5) is 0 Å². The fourth-order valence-electron chi connectivity index (χ4n) is 2.30. The molecule has 0 amide bonds. The van der Waals surface area contributed by atoms with E-state index >= 15 is 0 Å². The summed E-state index contributed by atoms with van der Waals surface area (Å²) in [5, 5.41) is 1.32. The predicted molar refractivity (Wildman–Crippen MR) is 84.4 cm³/mol. The Morgan fingerprint density at radius 1 is 1.11 bits per heavy atom. The van der Waals surface area contributed by atoms with E-state index in [9.17, 15) is 0 Å². The van der Waals surface area contributed by atoms with Crippen LogP contribution in [0.1, 0.15) is 33.6 Å². The Hall–Kier alpha value is -1.76. The molecular weight excluding hydrogens is 230 g/mol. The number of para-hydroxylation sites is 1. The molecule has 0 fully saturated rings. The molecule has 2 aromatic rings. The van der Waals surface area contributed by atoms with Gasteiger partial charge in [-0.3, -0.25) is 0 Å². The van der Waals surface area contributed by atoms with Gasteiger partial charge in [-0.15, -0.1) is 0 Å². The van der Waals surface area contributed by atoms with Gasteiger partial charge in [0.2, 0.25) is 0 Å². The second-order valence-electron chi connectivity index (χ2n) is 5.23. The van der Waals surface area contributed by atoms with E-state index in [2.05, 4.69) is 74.0 Å². The number of hydrogen-bond acceptors (Lipinski definition) is 0. The van der Waals surface area contributed by atoms with Crippen LogP contribution in [0, 0.1) is 0 Å². The SMILES string of the molecule is C/C=C(\C)CC/C=C(\C)Cn1ccc2ccccc21. The molecule has 0 unspecified atom stereocenters. The molecule has 1 heterocycles. The van der Waals surface area contributed by atoms with Crippen molar-refractivity contribution in [2.75, 3.05) is 0 Å². The second kappa shape index (κ2) is 6.42. The van der Waals surface area contributed by atoms with Gasteiger partial charge in [0.15, 0.2) is 0 Å². The Balaban J connectivity index is 2.02. The first kappa shape index (κ1) is 13.7. The van der Waals surface area contributed by atoms with Crippen LogP contribution in [-0.4, -0.2) is 4.57 Å². The van der Waals surface area contributed by atoms with Crippen LogP contribution in [0.25, 0.3) is 10.9 Å². The van der Waals surface area contributed by atoms with E-state index in [1.165, 1.54) is 28.5 Å². The molecule has 1 aromatic carbocycles. The zero-order chi connectivity index (χ0) is 13.7. The van der Waals surface area contributed by atoms with E-state index < -0.39 is 0 Å². The van der Waals surface area contributed by atoms with Gasteiger partial charge in [0.1, 0.15) is 0 Å². The Morgan fingerprint density at radius 3 is 2.68 bits per heavy atom. The zero-order valence-corrected chi connectivity index (χ0v) is 12.2. The van der Waals surface area contributed by atoms with E-state index in [1.54, 1.807) is 0 Å². The molecule has 0 radical (unpaired) electrons. The van der Waals surface area contributed by atoms with Gasteiger partial charge in [0.05, 0.1) is 0 Å². The lowest BCUT2D eigenvalue weighted by Gasteiger charge is -2.06. The van der Waals surface area contributed by atoms with Crippen molar-refractivity contribution in [1.82, 2.24) is 4.57 Å². The van der Waals surface area contributed by atoms with Crippen LogP contribution in [0.3, 0.4) is 0 Å². The molecule has 0 aliphatic heterocycles. The molecule has 0 saturated heterocycles. The average molecular weight is 253 g/mol. The predicted octanol–water partition coefficient (Wildman–Crippen LogP) is 5.33. The number of rotatable bonds is 5. The van der Waals surface area contributed by atoms with Gasteiger partial charge in [0, 0.05) is 18.3 Å². The summed E-state index contributed by atoms with van der Waals surface area (Å²) in [6.07, 6.45) is 9.05. The normalized spacial score (nSPS) is 13.2. The van der Waals surface area contributed by atoms with E-state index in [0.717, 1.165) is 13.0 Å². The maximum atomic E-state index is 2.36. The highest BCUT2D eigenvalue weighted by molar-refractivity contribution is 5.79. The fourth-order valence-corrected chi connectivity index (χ4v) is 2.30. The van der Waals surface area contributed by atoms with Gasteiger partial charge >= 0.3 is 0 Å². The molecule has 0 bridgehead atoms. The van der Waals surface area contributed by atoms with Gasteiger partial charge in [-0.05, 0) is 51.1 Å². The van der Waals surface area contributed by atoms with E-state index in [1.807, 2.05) is 0 Å². The lowest BCUT2D eigenvalue weighted by molar-refractivity contribution is 0.808. The van der Waals surface area contributed by atoms with Crippen LogP contribution in [0.15, 0.2) is 59.8 Å². The number of fused-ring (bicyclic) bond motifs is 1. The number of benzene rings is 1. The summed E-state index contributed by atoms with van der Waals surface area (Å²) in [4.78, 5) is 0. The molecule has 1 nitrogen and oxygen atoms in total. The smallest absolute Gasteiger partial charge is 0.0483 e. The van der Waals surface area contributed by atoms with Crippen LogP contribution < -0.4 is 0 Å². The molecule has 0 aliphatic carbocycles. The molecule has 0 aliphatic rings. The minimum absolute atomic E-state index is 0.988. The van der Waals surface area contributed by atoms with E-state index in [4.69, 9.17) is 0 Å². The van der Waals surface area contributed by atoms with Crippen molar-refractivity contribution in [3.63, 3.8) is 0 Å². The number of allylic oxidation sites excluding steroid dienone is 4. The summed E-state index contributed by atoms with van der Waals surface area (Å²) in [7, 11) is 0. The second-order valence-corrected chi connectivity index (χ2v) is 5.23. The van der Waals surface area contributed by atoms with Crippen molar-refractivity contribution in [3.8, 4) is 0 Å². The Kier molecular flexibility index (Phi) is 4.62. The third-order valence-corrected chi connectivity index (χ3v) is 3.62. The molecule has 100 valence electrons. The van der Waals surface area contributed by atoms with Crippen molar-refractivity contribution < 1.29 is 0 Å². The van der Waals surface area contributed by atoms with Crippen LogP contribution in [-0.2, 0) is 6.54 Å². The summed E-state index contributed by atoms with van der Waals surface area (Å²) in [6.45, 7) is 7.52. The van der Waals surface area contributed by atoms with Gasteiger partial charge in [0.25, 0.3) is 0 Å². The molecule has 0 spiro atoms. The van der Waals surface area contributed by atoms with Gasteiger partial charge < -0.3 is 4.57 Å². The number of aromatic nitrogens is 1. The first-order chi connectivity index (χ1) is 9.20. The summed E-state index contributed by atoms with van der Waals surface area (Å²) >= 11 is 0. The topological polar surface area (TPSA) is 4.93 Å². The van der Waals surface area contributed by atoms with E-state index in [-0.39, 0.29) is 0 Å². The largest absolute Gasteiger partial charge is 0.343 e. The zero-order valence-electron chi connectivity index (χ0n) is 12.2. The molecule has 2 rings (SSSR count). The van der Waals surface area contributed by atoms with Crippen LogP contribution >= 0.6 is 0 Å². The highest BCUT2D eigenvalue weighted by Gasteiger charge is 2.00. The Bertz CT molecular complexity index is 599. The number of hydrogen-bond donors (Lipinski definition) is 0. The monoisotopic (exact) mass is 253 g/mol. The van der Waals surface area contributed by atoms with Crippen molar-refractivity contribution in [2.45, 2.75) is 40.2 Å². The van der Waals surface area contributed by atoms with Crippen molar-refractivity contribution in [1.29, 1.82) is 0 Å². The highest BCUT2D eigenvalue weighted by Crippen LogP contribution is 2.17. The molecular formula is C18H23N. The molecule has 0 atom stereocenters. The van der Waals surface area contributed by atoms with Gasteiger partial charge in [-0.2, -0.15) is 0 Å². The number of nitrogens with zero attached hydrogens (tertiary/aromatic N) is 1. The lowest BCUT2D eigenvalue weighted by Crippen LogP contribution is -1.97. The summed E-state index contributed by atoms with van der Waals surface area (Å²) in [6, 6.07) is 10.7. The average Bonchev–Trinajstić information content (AvgIpc) is 2.82. The fraction of sp³-hybridized carbons (Fsp3) is 0.333. The third kappa shape index (κ3) is 3.60. The van der Waals surface area contributed by atoms with Gasteiger partial charge in [-0.25, -0.2) is 0 Å². The molecule has 0 N–H and O–H groups in total. The first-order valence-electron chi connectivity index (χ1n) is 7.02. The first-order valence-corrected chi connectivity index (χ1v) is 7.02. The van der Waals surface area contributed by atoms with Crippen molar-refractivity contribution in [2.24, 2.45) is 0 Å². The minimum atomic E-state index is 0.988. The maximum Gasteiger partial charge on any atom is 0.0483 e. The third-order valence-electron chi connectivity index (χ3n) is 3.62. The molecule has 1 aromatic heterocycles. The maximum absolute atomic E-state index is 2.36. The molecule has 19 heavy (non-hydrogen) atoms. The molecule has 1 heteroatoms. The Morgan fingerprint density at radius 2 is 1.89 bits per heavy atom. The standard InChI is InChI=1S/C18H23N/c1-4-15(2)8-7-9-16(3)14-19-13-12-17-10-5-6-11-18(17)19/h4-6,9-13H,7-8,14H2,1-3H3/b15-4+,16-9+. The van der Waals surface area contributed by atoms with Crippen molar-refractivity contribution in [3.05, 3.63) is 59.8 Å². The lowest BCUT2D eigenvalue weighted by atomic mass is 10.1. The van der Waals surface area contributed by atoms with Crippen LogP contribution in [0.2, 0.25) is 0 Å².